The molecule has 0 saturated carbocycles. The van der Waals surface area contributed by atoms with Crippen LogP contribution < -0.4 is 16.4 Å². The van der Waals surface area contributed by atoms with Gasteiger partial charge in [-0.15, -0.1) is 0 Å². The molecule has 1 unspecified atom stereocenters. The lowest BCUT2D eigenvalue weighted by Crippen LogP contribution is -2.26. The van der Waals surface area contributed by atoms with Crippen molar-refractivity contribution < 1.29 is 17.8 Å². The lowest BCUT2D eigenvalue weighted by atomic mass is 10.1. The Bertz CT molecular complexity index is 614. The second-order valence-electron chi connectivity index (χ2n) is 4.51. The average molecular weight is 285 g/mol. The van der Waals surface area contributed by atoms with Gasteiger partial charge in [0.15, 0.2) is 0 Å². The van der Waals surface area contributed by atoms with E-state index in [9.17, 15) is 13.2 Å². The van der Waals surface area contributed by atoms with Crippen LogP contribution in [0.25, 0.3) is 0 Å². The van der Waals surface area contributed by atoms with Crippen LogP contribution in [0.2, 0.25) is 0 Å². The third-order valence-electron chi connectivity index (χ3n) is 3.13. The van der Waals surface area contributed by atoms with Crippen molar-refractivity contribution in [2.75, 3.05) is 23.7 Å². The number of amides is 1. The van der Waals surface area contributed by atoms with Crippen LogP contribution >= 0.6 is 0 Å². The van der Waals surface area contributed by atoms with Gasteiger partial charge in [0.25, 0.3) is 10.1 Å². The number of nitrogens with two attached hydrogens (primary N) is 2. The maximum Gasteiger partial charge on any atom is 0.294 e. The molecule has 19 heavy (non-hydrogen) atoms. The molecule has 1 amide bonds. The number of rotatable bonds is 3. The lowest BCUT2D eigenvalue weighted by Gasteiger charge is -2.19. The Morgan fingerprint density at radius 3 is 2.63 bits per heavy atom. The maximum atomic E-state index is 11.9. The van der Waals surface area contributed by atoms with Gasteiger partial charge in [-0.05, 0) is 30.7 Å². The molecule has 1 aliphatic heterocycles. The van der Waals surface area contributed by atoms with Crippen LogP contribution in [0.1, 0.15) is 6.42 Å². The van der Waals surface area contributed by atoms with E-state index in [0.29, 0.717) is 19.5 Å². The Kier molecular flexibility index (Phi) is 3.48. The molecule has 104 valence electrons. The van der Waals surface area contributed by atoms with E-state index in [1.165, 1.54) is 23.1 Å². The molecule has 1 aliphatic rings. The minimum Gasteiger partial charge on any atom is -0.397 e. The Morgan fingerprint density at radius 1 is 1.42 bits per heavy atom. The van der Waals surface area contributed by atoms with Crippen LogP contribution in [0.15, 0.2) is 23.1 Å². The number of hydrogen-bond acceptors (Lipinski definition) is 5. The number of carbonyl (C=O) groups excluding carboxylic acids is 1. The summed E-state index contributed by atoms with van der Waals surface area (Å²) < 4.78 is 31.2. The van der Waals surface area contributed by atoms with Crippen molar-refractivity contribution in [1.82, 2.24) is 0 Å². The summed E-state index contributed by atoms with van der Waals surface area (Å²) in [5.41, 5.74) is 11.9. The molecule has 0 radical (unpaired) electrons. The maximum absolute atomic E-state index is 11.9. The monoisotopic (exact) mass is 285 g/mol. The summed E-state index contributed by atoms with van der Waals surface area (Å²) >= 11 is 0. The van der Waals surface area contributed by atoms with Crippen LogP contribution in [-0.2, 0) is 14.9 Å². The van der Waals surface area contributed by atoms with E-state index < -0.39 is 10.1 Å². The summed E-state index contributed by atoms with van der Waals surface area (Å²) in [5.74, 6) is -0.129. The van der Waals surface area contributed by atoms with Crippen molar-refractivity contribution in [1.29, 1.82) is 0 Å². The van der Waals surface area contributed by atoms with Gasteiger partial charge < -0.3 is 16.4 Å². The smallest absolute Gasteiger partial charge is 0.294 e. The topological polar surface area (TPSA) is 127 Å². The molecule has 1 aromatic rings. The van der Waals surface area contributed by atoms with Crippen molar-refractivity contribution in [2.24, 2.45) is 11.7 Å². The molecule has 7 nitrogen and oxygen atoms in total. The van der Waals surface area contributed by atoms with Gasteiger partial charge in [0.1, 0.15) is 0 Å². The normalized spacial score (nSPS) is 20.0. The summed E-state index contributed by atoms with van der Waals surface area (Å²) in [6.45, 7) is 0.772. The van der Waals surface area contributed by atoms with Crippen molar-refractivity contribution >= 4 is 27.4 Å². The van der Waals surface area contributed by atoms with Crippen LogP contribution in [0.4, 0.5) is 11.4 Å². The van der Waals surface area contributed by atoms with Gasteiger partial charge in [-0.1, -0.05) is 0 Å². The van der Waals surface area contributed by atoms with Crippen molar-refractivity contribution in [2.45, 2.75) is 11.3 Å². The molecule has 0 aromatic heterocycles. The first-order valence-corrected chi connectivity index (χ1v) is 7.14. The third kappa shape index (κ3) is 2.70. The predicted molar refractivity (Wildman–Crippen MR) is 70.2 cm³/mol. The van der Waals surface area contributed by atoms with Crippen molar-refractivity contribution in [3.63, 3.8) is 0 Å². The van der Waals surface area contributed by atoms with Gasteiger partial charge in [0.2, 0.25) is 5.91 Å². The number of nitrogen functional groups attached to an aromatic ring is 1. The number of nitrogens with zero attached hydrogens (tertiary/aromatic N) is 1. The second-order valence-corrected chi connectivity index (χ2v) is 5.93. The molecule has 0 bridgehead atoms. The summed E-state index contributed by atoms with van der Waals surface area (Å²) in [5, 5.41) is 0. The molecule has 1 saturated heterocycles. The molecule has 1 heterocycles. The molecule has 5 N–H and O–H groups in total. The Labute approximate surface area is 110 Å². The predicted octanol–water partition coefficient (Wildman–Crippen LogP) is -0.173. The molecule has 2 rings (SSSR count). The highest BCUT2D eigenvalue weighted by atomic mass is 32.2. The first-order chi connectivity index (χ1) is 8.82. The Balaban J connectivity index is 2.42. The van der Waals surface area contributed by atoms with Crippen molar-refractivity contribution in [3.8, 4) is 0 Å². The number of carbonyl (C=O) groups is 1. The molecule has 1 fully saturated rings. The van der Waals surface area contributed by atoms with Crippen LogP contribution in [0, 0.1) is 5.92 Å². The summed E-state index contributed by atoms with van der Waals surface area (Å²) in [6.07, 6.45) is 0.312. The Hall–Kier alpha value is -1.64. The SMILES string of the molecule is NCC1CC(=O)N(c2cc(S(=O)(=O)O)ccc2N)C1. The fraction of sp³-hybridized carbons (Fsp3) is 0.364. The van der Waals surface area contributed by atoms with Gasteiger partial charge in [-0.2, -0.15) is 8.42 Å². The fourth-order valence-corrected chi connectivity index (χ4v) is 2.59. The molecule has 1 atom stereocenters. The van der Waals surface area contributed by atoms with Crippen LogP contribution in [0.5, 0.6) is 0 Å². The van der Waals surface area contributed by atoms with Gasteiger partial charge in [0.05, 0.1) is 16.3 Å². The summed E-state index contributed by atoms with van der Waals surface area (Å²) in [7, 11) is -4.33. The number of benzene rings is 1. The van der Waals surface area contributed by atoms with E-state index in [4.69, 9.17) is 16.0 Å². The lowest BCUT2D eigenvalue weighted by molar-refractivity contribution is -0.117. The fourth-order valence-electron chi connectivity index (χ4n) is 2.09. The number of hydrogen-bond donors (Lipinski definition) is 3. The van der Waals surface area contributed by atoms with E-state index in [1.54, 1.807) is 0 Å². The zero-order valence-corrected chi connectivity index (χ0v) is 10.9. The zero-order valence-electron chi connectivity index (χ0n) is 10.1. The van der Waals surface area contributed by atoms with E-state index in [2.05, 4.69) is 0 Å². The molecule has 1 aromatic carbocycles. The molecule has 0 spiro atoms. The Morgan fingerprint density at radius 2 is 2.11 bits per heavy atom. The average Bonchev–Trinajstić information content (AvgIpc) is 2.69. The van der Waals surface area contributed by atoms with Crippen molar-refractivity contribution in [3.05, 3.63) is 18.2 Å². The minimum atomic E-state index is -4.33. The summed E-state index contributed by atoms with van der Waals surface area (Å²) in [4.78, 5) is 13.0. The van der Waals surface area contributed by atoms with Gasteiger partial charge in [-0.25, -0.2) is 0 Å². The first-order valence-electron chi connectivity index (χ1n) is 5.70. The highest BCUT2D eigenvalue weighted by molar-refractivity contribution is 7.85. The molecule has 0 aliphatic carbocycles. The van der Waals surface area contributed by atoms with Gasteiger partial charge in [0, 0.05) is 13.0 Å². The van der Waals surface area contributed by atoms with E-state index in [0.717, 1.165) is 0 Å². The summed E-state index contributed by atoms with van der Waals surface area (Å²) in [6, 6.07) is 3.73. The standard InChI is InChI=1S/C11H15N3O4S/c12-5-7-3-11(15)14(6-7)10-4-8(19(16,17)18)1-2-9(10)13/h1-2,4,7H,3,5-6,12-13H2,(H,16,17,18). The van der Waals surface area contributed by atoms with Crippen LogP contribution in [-0.4, -0.2) is 32.0 Å². The quantitative estimate of drug-likeness (QED) is 0.522. The zero-order chi connectivity index (χ0) is 14.2. The van der Waals surface area contributed by atoms with E-state index in [-0.39, 0.29) is 28.1 Å². The van der Waals surface area contributed by atoms with E-state index in [1.807, 2.05) is 0 Å². The third-order valence-corrected chi connectivity index (χ3v) is 3.98. The molecular weight excluding hydrogens is 270 g/mol. The second kappa shape index (κ2) is 4.80. The highest BCUT2D eigenvalue weighted by Gasteiger charge is 2.31. The first kappa shape index (κ1) is 13.8. The van der Waals surface area contributed by atoms with Gasteiger partial charge >= 0.3 is 0 Å². The van der Waals surface area contributed by atoms with E-state index >= 15 is 0 Å². The highest BCUT2D eigenvalue weighted by Crippen LogP contribution is 2.31. The minimum absolute atomic E-state index is 0.0290. The number of anilines is 2. The van der Waals surface area contributed by atoms with Crippen LogP contribution in [0.3, 0.4) is 0 Å². The molecule has 8 heteroatoms. The largest absolute Gasteiger partial charge is 0.397 e. The molecular formula is C11H15N3O4S. The van der Waals surface area contributed by atoms with Gasteiger partial charge in [-0.3, -0.25) is 9.35 Å².